The number of benzene rings is 4. The number of methoxy groups -OCH3 is 1. The lowest BCUT2D eigenvalue weighted by Crippen LogP contribution is -2.31. The molecule has 0 saturated carbocycles. The number of hydrazone groups is 1. The summed E-state index contributed by atoms with van der Waals surface area (Å²) in [6.07, 6.45) is 4.62. The molecular weight excluding hydrogens is 737 g/mol. The van der Waals surface area contributed by atoms with E-state index in [1.807, 2.05) is 96.4 Å². The van der Waals surface area contributed by atoms with Gasteiger partial charge in [0.25, 0.3) is 5.91 Å². The summed E-state index contributed by atoms with van der Waals surface area (Å²) in [7, 11) is 1.35. The first-order valence-corrected chi connectivity index (χ1v) is 18.9. The standard InChI is InChI=1S/C44H35F2N3O6S/c1-52-38-24-28(18-21-37(38)55-44(45)46)36-25-35(39-15-8-22-56-39)48-49(36)40(50)26-53-43(51)41-32-12-5-6-14-34(32)47-42-29(9-7-13-33(41)42)23-27-16-19-31(20-17-27)54-30-10-3-2-4-11-30/h2-6,8,10-12,14-24,36,44H,7,9,13,25-26H2,1H3/b29-23-. The summed E-state index contributed by atoms with van der Waals surface area (Å²) in [6.45, 7) is -3.61. The van der Waals surface area contributed by atoms with Crippen LogP contribution >= 0.6 is 11.3 Å². The largest absolute Gasteiger partial charge is 0.493 e. The molecule has 0 fully saturated rings. The number of amides is 1. The molecule has 56 heavy (non-hydrogen) atoms. The Morgan fingerprint density at radius 2 is 1.70 bits per heavy atom. The van der Waals surface area contributed by atoms with Gasteiger partial charge in [0.05, 0.1) is 40.5 Å². The summed E-state index contributed by atoms with van der Waals surface area (Å²) in [5.74, 6) is 0.246. The normalized spacial score (nSPS) is 15.8. The Bertz CT molecular complexity index is 2450. The van der Waals surface area contributed by atoms with E-state index in [0.717, 1.165) is 51.6 Å². The molecule has 0 N–H and O–H groups in total. The lowest BCUT2D eigenvalue weighted by Gasteiger charge is -2.24. The van der Waals surface area contributed by atoms with Crippen molar-refractivity contribution in [3.05, 3.63) is 147 Å². The summed E-state index contributed by atoms with van der Waals surface area (Å²) in [6, 6.07) is 32.5. The monoisotopic (exact) mass is 771 g/mol. The van der Waals surface area contributed by atoms with Crippen molar-refractivity contribution in [2.24, 2.45) is 5.10 Å². The first-order valence-electron chi connectivity index (χ1n) is 18.0. The number of rotatable bonds is 11. The number of hydrogen-bond donors (Lipinski definition) is 0. The molecule has 1 aliphatic heterocycles. The van der Waals surface area contributed by atoms with Crippen LogP contribution in [0.1, 0.15) is 62.9 Å². The lowest BCUT2D eigenvalue weighted by molar-refractivity contribution is -0.136. The number of fused-ring (bicyclic) bond motifs is 2. The van der Waals surface area contributed by atoms with E-state index in [0.29, 0.717) is 40.6 Å². The van der Waals surface area contributed by atoms with E-state index >= 15 is 0 Å². The minimum absolute atomic E-state index is 0.0862. The van der Waals surface area contributed by atoms with Crippen LogP contribution in [0, 0.1) is 0 Å². The van der Waals surface area contributed by atoms with E-state index in [1.54, 1.807) is 12.1 Å². The number of nitrogens with zero attached hydrogens (tertiary/aromatic N) is 3. The molecule has 0 spiro atoms. The van der Waals surface area contributed by atoms with Crippen molar-refractivity contribution in [2.75, 3.05) is 13.7 Å². The first-order chi connectivity index (χ1) is 27.3. The average molecular weight is 772 g/mol. The number of carbonyl (C=O) groups is 2. The van der Waals surface area contributed by atoms with Crippen molar-refractivity contribution in [1.29, 1.82) is 0 Å². The number of allylic oxidation sites excluding steroid dienone is 1. The summed E-state index contributed by atoms with van der Waals surface area (Å²) >= 11 is 1.48. The number of ether oxygens (including phenoxy) is 4. The highest BCUT2D eigenvalue weighted by molar-refractivity contribution is 7.12. The third-order valence-electron chi connectivity index (χ3n) is 9.66. The number of hydrogen-bond acceptors (Lipinski definition) is 9. The van der Waals surface area contributed by atoms with Gasteiger partial charge in [-0.2, -0.15) is 13.9 Å². The minimum Gasteiger partial charge on any atom is -0.493 e. The Morgan fingerprint density at radius 1 is 0.911 bits per heavy atom. The van der Waals surface area contributed by atoms with Gasteiger partial charge in [-0.15, -0.1) is 11.3 Å². The van der Waals surface area contributed by atoms with Gasteiger partial charge >= 0.3 is 12.6 Å². The molecular formula is C44H35F2N3O6S. The number of aromatic nitrogens is 1. The number of halogens is 2. The summed E-state index contributed by atoms with van der Waals surface area (Å²) in [4.78, 5) is 34.0. The molecule has 0 saturated heterocycles. The van der Waals surface area contributed by atoms with Crippen molar-refractivity contribution < 1.29 is 37.3 Å². The quantitative estimate of drug-likeness (QED) is 0.121. The van der Waals surface area contributed by atoms with Crippen LogP contribution in [-0.2, 0) is 16.0 Å². The third kappa shape index (κ3) is 7.74. The van der Waals surface area contributed by atoms with Crippen molar-refractivity contribution in [2.45, 2.75) is 38.3 Å². The van der Waals surface area contributed by atoms with Crippen LogP contribution in [0.2, 0.25) is 0 Å². The number of esters is 1. The molecule has 6 aromatic rings. The topological polar surface area (TPSA) is 99.5 Å². The van der Waals surface area contributed by atoms with Crippen LogP contribution in [0.3, 0.4) is 0 Å². The minimum atomic E-state index is -3.04. The smallest absolute Gasteiger partial charge is 0.387 e. The number of para-hydroxylation sites is 2. The second-order valence-electron chi connectivity index (χ2n) is 13.2. The molecule has 1 aliphatic carbocycles. The van der Waals surface area contributed by atoms with E-state index in [9.17, 15) is 18.4 Å². The van der Waals surface area contributed by atoms with Crippen LogP contribution in [-0.4, -0.2) is 47.9 Å². The van der Waals surface area contributed by atoms with Gasteiger partial charge in [-0.25, -0.2) is 14.8 Å². The Labute approximate surface area is 325 Å². The molecule has 8 rings (SSSR count). The SMILES string of the molecule is COc1cc(C2CC(c3cccs3)=NN2C(=O)COC(=O)c2c3c(nc4ccccc24)/C(=C\c2ccc(Oc4ccccc4)cc2)CCC3)ccc1OC(F)F. The highest BCUT2D eigenvalue weighted by Gasteiger charge is 2.35. The van der Waals surface area contributed by atoms with Gasteiger partial charge in [0.1, 0.15) is 11.5 Å². The molecule has 2 aliphatic rings. The molecule has 1 unspecified atom stereocenters. The van der Waals surface area contributed by atoms with Crippen molar-refractivity contribution >= 4 is 51.5 Å². The van der Waals surface area contributed by atoms with Gasteiger partial charge in [-0.3, -0.25) is 4.79 Å². The number of alkyl halides is 2. The Balaban J connectivity index is 1.06. The van der Waals surface area contributed by atoms with Crippen LogP contribution < -0.4 is 14.2 Å². The highest BCUT2D eigenvalue weighted by Crippen LogP contribution is 2.40. The molecule has 1 atom stereocenters. The number of pyridine rings is 1. The van der Waals surface area contributed by atoms with Gasteiger partial charge in [0, 0.05) is 11.8 Å². The molecule has 0 radical (unpaired) electrons. The molecule has 3 heterocycles. The lowest BCUT2D eigenvalue weighted by atomic mass is 9.86. The van der Waals surface area contributed by atoms with E-state index < -0.39 is 31.1 Å². The first kappa shape index (κ1) is 36.6. The predicted octanol–water partition coefficient (Wildman–Crippen LogP) is 10.1. The zero-order valence-electron chi connectivity index (χ0n) is 30.2. The van der Waals surface area contributed by atoms with Crippen LogP contribution in [0.15, 0.2) is 120 Å². The molecule has 4 aromatic carbocycles. The van der Waals surface area contributed by atoms with Crippen molar-refractivity contribution in [3.63, 3.8) is 0 Å². The molecule has 9 nitrogen and oxygen atoms in total. The average Bonchev–Trinajstić information content (AvgIpc) is 3.92. The van der Waals surface area contributed by atoms with Crippen molar-refractivity contribution in [1.82, 2.24) is 9.99 Å². The fraction of sp³-hybridized carbons (Fsp3) is 0.182. The summed E-state index contributed by atoms with van der Waals surface area (Å²) in [5.41, 5.74) is 5.75. The highest BCUT2D eigenvalue weighted by atomic mass is 32.1. The zero-order chi connectivity index (χ0) is 38.6. The number of thiophene rings is 1. The van der Waals surface area contributed by atoms with Gasteiger partial charge in [0.2, 0.25) is 0 Å². The Morgan fingerprint density at radius 3 is 2.46 bits per heavy atom. The molecule has 12 heteroatoms. The van der Waals surface area contributed by atoms with Gasteiger partial charge in [-0.1, -0.05) is 60.7 Å². The molecule has 0 bridgehead atoms. The maximum atomic E-state index is 14.1. The second kappa shape index (κ2) is 16.1. The van der Waals surface area contributed by atoms with E-state index in [4.69, 9.17) is 19.2 Å². The third-order valence-corrected chi connectivity index (χ3v) is 10.6. The van der Waals surface area contributed by atoms with Crippen LogP contribution in [0.5, 0.6) is 23.0 Å². The van der Waals surface area contributed by atoms with E-state index in [1.165, 1.54) is 29.5 Å². The maximum absolute atomic E-state index is 14.1. The predicted molar refractivity (Wildman–Crippen MR) is 210 cm³/mol. The second-order valence-corrected chi connectivity index (χ2v) is 14.1. The van der Waals surface area contributed by atoms with Gasteiger partial charge < -0.3 is 18.9 Å². The summed E-state index contributed by atoms with van der Waals surface area (Å²) < 4.78 is 47.8. The fourth-order valence-corrected chi connectivity index (χ4v) is 7.83. The summed E-state index contributed by atoms with van der Waals surface area (Å²) in [5, 5.41) is 8.51. The molecule has 282 valence electrons. The number of carbonyl (C=O) groups excluding carboxylic acids is 2. The van der Waals surface area contributed by atoms with Gasteiger partial charge in [-0.05, 0) is 102 Å². The Kier molecular flexibility index (Phi) is 10.5. The fourth-order valence-electron chi connectivity index (χ4n) is 7.11. The van der Waals surface area contributed by atoms with E-state index in [-0.39, 0.29) is 11.5 Å². The van der Waals surface area contributed by atoms with Gasteiger partial charge in [0.15, 0.2) is 18.1 Å². The van der Waals surface area contributed by atoms with E-state index in [2.05, 4.69) is 15.9 Å². The molecule has 2 aromatic heterocycles. The van der Waals surface area contributed by atoms with Crippen LogP contribution in [0.25, 0.3) is 22.6 Å². The Hall–Kier alpha value is -6.40. The van der Waals surface area contributed by atoms with Crippen molar-refractivity contribution in [3.8, 4) is 23.0 Å². The zero-order valence-corrected chi connectivity index (χ0v) is 31.0. The molecule has 1 amide bonds. The maximum Gasteiger partial charge on any atom is 0.387 e. The van der Waals surface area contributed by atoms with Crippen LogP contribution in [0.4, 0.5) is 8.78 Å².